The van der Waals surface area contributed by atoms with Gasteiger partial charge in [0.25, 0.3) is 0 Å². The van der Waals surface area contributed by atoms with E-state index in [0.29, 0.717) is 5.84 Å². The van der Waals surface area contributed by atoms with Gasteiger partial charge in [-0.3, -0.25) is 5.73 Å². The van der Waals surface area contributed by atoms with Crippen molar-refractivity contribution in [2.75, 3.05) is 0 Å². The average molecular weight is 154 g/mol. The maximum Gasteiger partial charge on any atom is 0.186 e. The summed E-state index contributed by atoms with van der Waals surface area (Å²) in [5.74, 6) is -0.0373. The molecule has 0 spiro atoms. The van der Waals surface area contributed by atoms with Crippen molar-refractivity contribution in [1.29, 1.82) is 0 Å². The highest BCUT2D eigenvalue weighted by atomic mass is 15.3. The molecule has 0 saturated heterocycles. The highest BCUT2D eigenvalue weighted by Gasteiger charge is 2.28. The summed E-state index contributed by atoms with van der Waals surface area (Å²) >= 11 is 0. The van der Waals surface area contributed by atoms with Gasteiger partial charge in [-0.05, 0) is 6.08 Å². The van der Waals surface area contributed by atoms with E-state index in [4.69, 9.17) is 11.5 Å². The van der Waals surface area contributed by atoms with Crippen LogP contribution in [-0.4, -0.2) is 11.6 Å². The molecule has 1 unspecified atom stereocenters. The zero-order chi connectivity index (χ0) is 8.48. The SMILES string of the molecule is CC(C)C1(N)N=C(N)C=CN1. The number of rotatable bonds is 1. The van der Waals surface area contributed by atoms with Gasteiger partial charge in [-0.25, -0.2) is 4.99 Å². The second-order valence-electron chi connectivity index (χ2n) is 2.99. The second-order valence-corrected chi connectivity index (χ2v) is 2.99. The third-order valence-corrected chi connectivity index (χ3v) is 1.76. The fourth-order valence-electron chi connectivity index (χ4n) is 0.839. The lowest BCUT2D eigenvalue weighted by Crippen LogP contribution is -2.56. The predicted octanol–water partition coefficient (Wildman–Crippen LogP) is -0.271. The molecule has 0 amide bonds. The first kappa shape index (κ1) is 8.07. The second kappa shape index (κ2) is 2.54. The Morgan fingerprint density at radius 1 is 1.64 bits per heavy atom. The molecule has 0 fully saturated rings. The van der Waals surface area contributed by atoms with Crippen molar-refractivity contribution in [2.24, 2.45) is 22.4 Å². The molecule has 0 aromatic carbocycles. The van der Waals surface area contributed by atoms with Gasteiger partial charge in [-0.1, -0.05) is 13.8 Å². The summed E-state index contributed by atoms with van der Waals surface area (Å²) in [4.78, 5) is 4.09. The summed E-state index contributed by atoms with van der Waals surface area (Å²) in [5, 5.41) is 2.96. The molecule has 5 N–H and O–H groups in total. The molecule has 4 nitrogen and oxygen atoms in total. The molecule has 1 heterocycles. The van der Waals surface area contributed by atoms with Gasteiger partial charge in [0, 0.05) is 12.1 Å². The Morgan fingerprint density at radius 2 is 2.27 bits per heavy atom. The molecule has 11 heavy (non-hydrogen) atoms. The van der Waals surface area contributed by atoms with Gasteiger partial charge in [0.1, 0.15) is 5.84 Å². The van der Waals surface area contributed by atoms with Crippen LogP contribution >= 0.6 is 0 Å². The van der Waals surface area contributed by atoms with Crippen molar-refractivity contribution in [1.82, 2.24) is 5.32 Å². The molecule has 1 rings (SSSR count). The summed E-state index contributed by atoms with van der Waals surface area (Å²) in [6, 6.07) is 0. The fraction of sp³-hybridized carbons (Fsp3) is 0.571. The van der Waals surface area contributed by atoms with Crippen LogP contribution in [0.15, 0.2) is 17.3 Å². The van der Waals surface area contributed by atoms with Crippen LogP contribution in [0.4, 0.5) is 0 Å². The number of nitrogens with zero attached hydrogens (tertiary/aromatic N) is 1. The molecule has 0 bridgehead atoms. The standard InChI is InChI=1S/C7H14N4/c1-5(2)7(9)10-4-3-6(8)11-7/h3-5,10H,9H2,1-2H3,(H2,8,11). The third-order valence-electron chi connectivity index (χ3n) is 1.76. The van der Waals surface area contributed by atoms with Gasteiger partial charge in [0.05, 0.1) is 0 Å². The van der Waals surface area contributed by atoms with E-state index in [1.807, 2.05) is 13.8 Å². The highest BCUT2D eigenvalue weighted by molar-refractivity contribution is 5.92. The first-order valence-corrected chi connectivity index (χ1v) is 3.63. The number of aliphatic imine (C=N–C) groups is 1. The monoisotopic (exact) mass is 154 g/mol. The van der Waals surface area contributed by atoms with Crippen LogP contribution in [0.3, 0.4) is 0 Å². The molecular formula is C7H14N4. The Morgan fingerprint density at radius 3 is 2.64 bits per heavy atom. The third kappa shape index (κ3) is 1.51. The van der Waals surface area contributed by atoms with Crippen molar-refractivity contribution in [3.63, 3.8) is 0 Å². The van der Waals surface area contributed by atoms with Crippen LogP contribution in [0.1, 0.15) is 13.8 Å². The smallest absolute Gasteiger partial charge is 0.186 e. The number of nitrogens with one attached hydrogen (secondary N) is 1. The van der Waals surface area contributed by atoms with E-state index in [2.05, 4.69) is 10.3 Å². The molecule has 0 aromatic heterocycles. The minimum Gasteiger partial charge on any atom is -0.384 e. The minimum atomic E-state index is -0.723. The molecule has 4 heteroatoms. The topological polar surface area (TPSA) is 76.4 Å². The average Bonchev–Trinajstić information content (AvgIpc) is 1.86. The predicted molar refractivity (Wildman–Crippen MR) is 45.7 cm³/mol. The van der Waals surface area contributed by atoms with Crippen LogP contribution in [0.5, 0.6) is 0 Å². The van der Waals surface area contributed by atoms with Crippen LogP contribution in [0, 0.1) is 5.92 Å². The lowest BCUT2D eigenvalue weighted by atomic mass is 10.1. The first-order chi connectivity index (χ1) is 5.04. The van der Waals surface area contributed by atoms with E-state index in [1.165, 1.54) is 0 Å². The first-order valence-electron chi connectivity index (χ1n) is 3.63. The van der Waals surface area contributed by atoms with E-state index >= 15 is 0 Å². The highest BCUT2D eigenvalue weighted by Crippen LogP contribution is 2.13. The van der Waals surface area contributed by atoms with Crippen molar-refractivity contribution < 1.29 is 0 Å². The zero-order valence-electron chi connectivity index (χ0n) is 6.83. The summed E-state index contributed by atoms with van der Waals surface area (Å²) in [6.45, 7) is 3.98. The fourth-order valence-corrected chi connectivity index (χ4v) is 0.839. The molecule has 1 atom stereocenters. The van der Waals surface area contributed by atoms with Gasteiger partial charge in [-0.2, -0.15) is 0 Å². The minimum absolute atomic E-state index is 0.214. The van der Waals surface area contributed by atoms with Crippen molar-refractivity contribution in [2.45, 2.75) is 19.6 Å². The van der Waals surface area contributed by atoms with E-state index in [9.17, 15) is 0 Å². The summed E-state index contributed by atoms with van der Waals surface area (Å²) in [6.07, 6.45) is 3.41. The maximum atomic E-state index is 5.86. The van der Waals surface area contributed by atoms with E-state index in [1.54, 1.807) is 12.3 Å². The van der Waals surface area contributed by atoms with Gasteiger partial charge in [0.15, 0.2) is 5.79 Å². The number of hydrogen-bond acceptors (Lipinski definition) is 4. The van der Waals surface area contributed by atoms with E-state index < -0.39 is 5.79 Å². The summed E-state index contributed by atoms with van der Waals surface area (Å²) in [5.41, 5.74) is 11.4. The van der Waals surface area contributed by atoms with E-state index in [-0.39, 0.29) is 5.92 Å². The Balaban J connectivity index is 2.83. The van der Waals surface area contributed by atoms with Crippen LogP contribution in [-0.2, 0) is 0 Å². The lowest BCUT2D eigenvalue weighted by Gasteiger charge is -2.31. The summed E-state index contributed by atoms with van der Waals surface area (Å²) < 4.78 is 0. The number of nitrogens with two attached hydrogens (primary N) is 2. The molecule has 1 aliphatic rings. The van der Waals surface area contributed by atoms with Crippen LogP contribution in [0.25, 0.3) is 0 Å². The van der Waals surface area contributed by atoms with E-state index in [0.717, 1.165) is 0 Å². The number of amidine groups is 1. The normalized spacial score (nSPS) is 30.0. The maximum absolute atomic E-state index is 5.86. The zero-order valence-corrected chi connectivity index (χ0v) is 6.83. The molecule has 0 saturated carbocycles. The Bertz CT molecular complexity index is 206. The van der Waals surface area contributed by atoms with Crippen molar-refractivity contribution >= 4 is 5.84 Å². The van der Waals surface area contributed by atoms with Gasteiger partial charge >= 0.3 is 0 Å². The Kier molecular flexibility index (Phi) is 1.87. The van der Waals surface area contributed by atoms with Gasteiger partial charge in [-0.15, -0.1) is 0 Å². The Labute approximate surface area is 66.4 Å². The number of hydrogen-bond donors (Lipinski definition) is 3. The molecule has 0 aromatic rings. The molecule has 0 radical (unpaired) electrons. The largest absolute Gasteiger partial charge is 0.384 e. The van der Waals surface area contributed by atoms with Crippen molar-refractivity contribution in [3.8, 4) is 0 Å². The molecule has 0 aliphatic carbocycles. The molecule has 1 aliphatic heterocycles. The van der Waals surface area contributed by atoms with Gasteiger partial charge < -0.3 is 11.1 Å². The molecule has 62 valence electrons. The Hall–Kier alpha value is -1.03. The van der Waals surface area contributed by atoms with Crippen LogP contribution in [0.2, 0.25) is 0 Å². The lowest BCUT2D eigenvalue weighted by molar-refractivity contribution is 0.284. The molecular weight excluding hydrogens is 140 g/mol. The quantitative estimate of drug-likeness (QED) is 0.486. The van der Waals surface area contributed by atoms with Gasteiger partial charge in [0.2, 0.25) is 0 Å². The summed E-state index contributed by atoms with van der Waals surface area (Å²) in [7, 11) is 0. The van der Waals surface area contributed by atoms with Crippen molar-refractivity contribution in [3.05, 3.63) is 12.3 Å². The van der Waals surface area contributed by atoms with Crippen LogP contribution < -0.4 is 16.8 Å².